The van der Waals surface area contributed by atoms with Gasteiger partial charge in [-0.3, -0.25) is 13.5 Å². The number of carbonyl (C=O) groups excluding carboxylic acids is 1. The molecule has 0 aromatic carbocycles. The number of rotatable bonds is 11. The van der Waals surface area contributed by atoms with Crippen LogP contribution in [0.3, 0.4) is 0 Å². The van der Waals surface area contributed by atoms with E-state index >= 15 is 0 Å². The first-order valence-corrected chi connectivity index (χ1v) is 10.2. The maximum atomic E-state index is 12.9. The predicted octanol–water partition coefficient (Wildman–Crippen LogP) is 2.68. The van der Waals surface area contributed by atoms with E-state index in [0.717, 1.165) is 0 Å². The second-order valence-electron chi connectivity index (χ2n) is 5.30. The topological polar surface area (TPSA) is 102 Å². The Bertz CT molecular complexity index is 413. The van der Waals surface area contributed by atoms with Crippen molar-refractivity contribution < 1.29 is 31.6 Å². The van der Waals surface area contributed by atoms with Crippen molar-refractivity contribution in [1.82, 2.24) is 0 Å². The first kappa shape index (κ1) is 21.7. The van der Waals surface area contributed by atoms with Gasteiger partial charge in [-0.2, -0.15) is 0 Å². The minimum Gasteiger partial charge on any atom is -0.750 e. The maximum absolute atomic E-state index is 12.9. The largest absolute Gasteiger partial charge is 0.750 e. The third kappa shape index (κ3) is 7.83. The van der Waals surface area contributed by atoms with Crippen LogP contribution in [0, 0.1) is 11.8 Å². The summed E-state index contributed by atoms with van der Waals surface area (Å²) in [5, 5.41) is 0. The van der Waals surface area contributed by atoms with Gasteiger partial charge in [0.05, 0.1) is 30.5 Å². The zero-order chi connectivity index (χ0) is 17.3. The molecular weight excluding hydrogens is 331 g/mol. The number of carbonyl (C=O) groups is 1. The van der Waals surface area contributed by atoms with E-state index in [4.69, 9.17) is 9.26 Å². The summed E-state index contributed by atoms with van der Waals surface area (Å²) in [6.45, 7) is 8.93. The minimum atomic E-state index is -3.47. The fourth-order valence-corrected chi connectivity index (χ4v) is 5.01. The normalized spacial score (nSPS) is 18.5. The van der Waals surface area contributed by atoms with Gasteiger partial charge in [0.2, 0.25) is 7.37 Å². The quantitative estimate of drug-likeness (QED) is 0.318. The molecule has 0 aromatic rings. The van der Waals surface area contributed by atoms with E-state index in [2.05, 4.69) is 4.18 Å². The van der Waals surface area contributed by atoms with Crippen molar-refractivity contribution in [3.05, 3.63) is 0 Å². The van der Waals surface area contributed by atoms with Crippen molar-refractivity contribution in [2.75, 3.05) is 19.4 Å². The van der Waals surface area contributed by atoms with E-state index in [-0.39, 0.29) is 25.3 Å². The van der Waals surface area contributed by atoms with Crippen LogP contribution in [-0.4, -0.2) is 40.0 Å². The zero-order valence-electron chi connectivity index (χ0n) is 13.8. The predicted molar refractivity (Wildman–Crippen MR) is 83.1 cm³/mol. The number of hydrogen-bond acceptors (Lipinski definition) is 7. The third-order valence-corrected chi connectivity index (χ3v) is 6.42. The van der Waals surface area contributed by atoms with Crippen LogP contribution >= 0.6 is 7.37 Å². The average molecular weight is 357 g/mol. The third-order valence-electron chi connectivity index (χ3n) is 2.97. The van der Waals surface area contributed by atoms with Crippen molar-refractivity contribution in [3.8, 4) is 0 Å². The molecule has 9 heteroatoms. The molecule has 0 spiro atoms. The van der Waals surface area contributed by atoms with E-state index in [1.807, 2.05) is 13.8 Å². The molecule has 0 aliphatic heterocycles. The summed E-state index contributed by atoms with van der Waals surface area (Å²) < 4.78 is 49.1. The molecule has 0 bridgehead atoms. The summed E-state index contributed by atoms with van der Waals surface area (Å²) in [5.41, 5.74) is 0. The van der Waals surface area contributed by atoms with Gasteiger partial charge in [-0.05, 0) is 33.1 Å². The number of hydrogen-bond donors (Lipinski definition) is 0. The summed E-state index contributed by atoms with van der Waals surface area (Å²) in [6, 6.07) is 0. The van der Waals surface area contributed by atoms with Gasteiger partial charge in [0.1, 0.15) is 5.85 Å². The molecule has 4 unspecified atom stereocenters. The van der Waals surface area contributed by atoms with Crippen molar-refractivity contribution in [2.24, 2.45) is 11.8 Å². The summed E-state index contributed by atoms with van der Waals surface area (Å²) in [7, 11) is -3.47. The lowest BCUT2D eigenvalue weighted by molar-refractivity contribution is -0.147. The van der Waals surface area contributed by atoms with Gasteiger partial charge >= 0.3 is 5.97 Å². The van der Waals surface area contributed by atoms with Gasteiger partial charge in [-0.25, -0.2) is 4.21 Å². The average Bonchev–Trinajstić information content (AvgIpc) is 2.37. The fraction of sp³-hybridized carbons (Fsp3) is 0.923. The standard InChI is InChI=1S/C13H27O7PS/c1-6-18-13(14)12(8-10(3)4)9-21(15,19-7-2)11(5)20-22(16)17/h10-12H,6-9H2,1-5H3,(H,16,17)/p-1. The Balaban J connectivity index is 5.22. The molecule has 0 aliphatic rings. The van der Waals surface area contributed by atoms with Crippen molar-refractivity contribution in [1.29, 1.82) is 0 Å². The lowest BCUT2D eigenvalue weighted by atomic mass is 9.99. The Morgan fingerprint density at radius 2 is 1.82 bits per heavy atom. The maximum Gasteiger partial charge on any atom is 0.309 e. The summed E-state index contributed by atoms with van der Waals surface area (Å²) in [6.07, 6.45) is 0.374. The van der Waals surface area contributed by atoms with Gasteiger partial charge in [-0.15, -0.1) is 0 Å². The first-order valence-electron chi connectivity index (χ1n) is 7.32. The summed E-state index contributed by atoms with van der Waals surface area (Å²) in [4.78, 5) is 12.0. The monoisotopic (exact) mass is 357 g/mol. The minimum absolute atomic E-state index is 0.101. The second-order valence-corrected chi connectivity index (χ2v) is 8.71. The summed E-state index contributed by atoms with van der Waals surface area (Å²) in [5.74, 6) is -2.03. The van der Waals surface area contributed by atoms with Gasteiger partial charge < -0.3 is 13.8 Å². The Kier molecular flexibility index (Phi) is 10.4. The molecule has 0 radical (unpaired) electrons. The molecule has 0 fully saturated rings. The summed E-state index contributed by atoms with van der Waals surface area (Å²) >= 11 is -2.80. The van der Waals surface area contributed by atoms with Gasteiger partial charge in [0.25, 0.3) is 0 Å². The molecule has 4 atom stereocenters. The van der Waals surface area contributed by atoms with Crippen LogP contribution in [0.5, 0.6) is 0 Å². The highest BCUT2D eigenvalue weighted by atomic mass is 32.2. The fourth-order valence-electron chi connectivity index (χ4n) is 2.09. The van der Waals surface area contributed by atoms with Crippen LogP contribution in [0.25, 0.3) is 0 Å². The number of esters is 1. The molecule has 7 nitrogen and oxygen atoms in total. The lowest BCUT2D eigenvalue weighted by Crippen LogP contribution is -2.26. The van der Waals surface area contributed by atoms with E-state index in [1.165, 1.54) is 6.92 Å². The Morgan fingerprint density at radius 3 is 2.23 bits per heavy atom. The highest BCUT2D eigenvalue weighted by Crippen LogP contribution is 2.54. The molecule has 22 heavy (non-hydrogen) atoms. The zero-order valence-corrected chi connectivity index (χ0v) is 15.5. The first-order chi connectivity index (χ1) is 10.2. The van der Waals surface area contributed by atoms with E-state index in [9.17, 15) is 18.1 Å². The second kappa shape index (κ2) is 10.5. The van der Waals surface area contributed by atoms with Crippen molar-refractivity contribution in [3.63, 3.8) is 0 Å². The molecule has 0 rings (SSSR count). The van der Waals surface area contributed by atoms with Crippen LogP contribution in [0.15, 0.2) is 0 Å². The van der Waals surface area contributed by atoms with Crippen LogP contribution in [0.4, 0.5) is 0 Å². The van der Waals surface area contributed by atoms with Crippen LogP contribution in [-0.2, 0) is 34.2 Å². The molecule has 0 N–H and O–H groups in total. The van der Waals surface area contributed by atoms with E-state index in [1.54, 1.807) is 13.8 Å². The molecule has 0 aromatic heterocycles. The molecule has 0 heterocycles. The lowest BCUT2D eigenvalue weighted by Gasteiger charge is -2.28. The molecule has 0 saturated heterocycles. The Labute approximate surface area is 135 Å². The van der Waals surface area contributed by atoms with Crippen LogP contribution < -0.4 is 0 Å². The molecule has 132 valence electrons. The SMILES string of the molecule is CCOC(=O)C(CC(C)C)CP(=O)(OCC)C(C)OS(=O)[O-]. The van der Waals surface area contributed by atoms with Gasteiger partial charge in [0, 0.05) is 6.16 Å². The molecule has 0 aliphatic carbocycles. The number of ether oxygens (including phenoxy) is 1. The van der Waals surface area contributed by atoms with Gasteiger partial charge in [0.15, 0.2) is 0 Å². The van der Waals surface area contributed by atoms with E-state index in [0.29, 0.717) is 6.42 Å². The Hall–Kier alpha value is -0.270. The van der Waals surface area contributed by atoms with E-state index < -0.39 is 36.5 Å². The molecular formula is C13H26O7PS-. The van der Waals surface area contributed by atoms with Crippen molar-refractivity contribution in [2.45, 2.75) is 46.9 Å². The van der Waals surface area contributed by atoms with Gasteiger partial charge in [-0.1, -0.05) is 13.8 Å². The van der Waals surface area contributed by atoms with Crippen LogP contribution in [0.2, 0.25) is 0 Å². The highest BCUT2D eigenvalue weighted by Gasteiger charge is 2.38. The molecule has 0 amide bonds. The molecule has 0 saturated carbocycles. The van der Waals surface area contributed by atoms with Crippen molar-refractivity contribution >= 4 is 24.7 Å². The highest BCUT2D eigenvalue weighted by molar-refractivity contribution is 7.74. The Morgan fingerprint density at radius 1 is 1.23 bits per heavy atom. The smallest absolute Gasteiger partial charge is 0.309 e. The van der Waals surface area contributed by atoms with Crippen LogP contribution in [0.1, 0.15) is 41.0 Å².